The van der Waals surface area contributed by atoms with E-state index in [-0.39, 0.29) is 18.0 Å². The molecule has 0 spiro atoms. The summed E-state index contributed by atoms with van der Waals surface area (Å²) >= 11 is 0. The van der Waals surface area contributed by atoms with E-state index >= 15 is 0 Å². The van der Waals surface area contributed by atoms with E-state index in [9.17, 15) is 4.79 Å². The number of amides is 1. The molecule has 1 aromatic rings. The first-order valence-corrected chi connectivity index (χ1v) is 9.22. The molecule has 0 aliphatic carbocycles. The quantitative estimate of drug-likeness (QED) is 0.872. The largest absolute Gasteiger partial charge is 0.341 e. The third kappa shape index (κ3) is 4.58. The molecule has 1 amide bonds. The topological polar surface area (TPSA) is 49.6 Å². The molecule has 0 saturated carbocycles. The number of nitrogens with two attached hydrogens (primary N) is 1. The minimum atomic E-state index is -0.359. The number of carbonyl (C=O) groups is 1. The molecule has 4 heteroatoms. The number of benzene rings is 1. The second-order valence-corrected chi connectivity index (χ2v) is 7.47. The predicted octanol–water partition coefficient (Wildman–Crippen LogP) is 2.73. The maximum atomic E-state index is 12.6. The molecule has 3 unspecified atom stereocenters. The van der Waals surface area contributed by atoms with Crippen LogP contribution in [0.15, 0.2) is 30.3 Å². The van der Waals surface area contributed by atoms with Crippen molar-refractivity contribution in [3.05, 3.63) is 35.9 Å². The van der Waals surface area contributed by atoms with Crippen LogP contribution in [0.25, 0.3) is 0 Å². The van der Waals surface area contributed by atoms with Crippen LogP contribution in [0, 0.1) is 11.8 Å². The van der Waals surface area contributed by atoms with Gasteiger partial charge in [-0.15, -0.1) is 0 Å². The maximum Gasteiger partial charge on any atom is 0.239 e. The highest BCUT2D eigenvalue weighted by Crippen LogP contribution is 2.27. The van der Waals surface area contributed by atoms with Crippen LogP contribution in [0.5, 0.6) is 0 Å². The van der Waals surface area contributed by atoms with Gasteiger partial charge in [0.1, 0.15) is 0 Å². The Balaban J connectivity index is 1.98. The molecule has 1 saturated heterocycles. The van der Waals surface area contributed by atoms with Gasteiger partial charge in [0.15, 0.2) is 0 Å². The van der Waals surface area contributed by atoms with E-state index < -0.39 is 0 Å². The number of piperidine rings is 1. The van der Waals surface area contributed by atoms with Crippen LogP contribution >= 0.6 is 0 Å². The molecule has 4 nitrogen and oxygen atoms in total. The Hall–Kier alpha value is -1.39. The van der Waals surface area contributed by atoms with Crippen molar-refractivity contribution in [3.63, 3.8) is 0 Å². The Bertz CT molecular complexity index is 507. The maximum absolute atomic E-state index is 12.6. The van der Waals surface area contributed by atoms with Gasteiger partial charge in [0.2, 0.25) is 5.91 Å². The summed E-state index contributed by atoms with van der Waals surface area (Å²) < 4.78 is 0. The number of nitrogens with zero attached hydrogens (tertiary/aromatic N) is 2. The summed E-state index contributed by atoms with van der Waals surface area (Å²) in [7, 11) is 1.93. The number of likely N-dealkylation sites (N-methyl/N-ethyl adjacent to an activating group) is 1. The van der Waals surface area contributed by atoms with Gasteiger partial charge < -0.3 is 10.6 Å². The zero-order chi connectivity index (χ0) is 17.7. The number of likely N-dealkylation sites (tertiary alicyclic amines) is 1. The van der Waals surface area contributed by atoms with E-state index in [1.807, 2.05) is 11.9 Å². The fourth-order valence-electron chi connectivity index (χ4n) is 4.24. The minimum Gasteiger partial charge on any atom is -0.341 e. The number of hydrogen-bond acceptors (Lipinski definition) is 3. The number of hydrogen-bond donors (Lipinski definition) is 1. The van der Waals surface area contributed by atoms with Crippen LogP contribution in [0.3, 0.4) is 0 Å². The van der Waals surface area contributed by atoms with Crippen molar-refractivity contribution in [2.24, 2.45) is 17.6 Å². The van der Waals surface area contributed by atoms with Gasteiger partial charge in [0.05, 0.1) is 6.04 Å². The third-order valence-electron chi connectivity index (χ3n) is 5.22. The lowest BCUT2D eigenvalue weighted by molar-refractivity contribution is -0.137. The van der Waals surface area contributed by atoms with Crippen molar-refractivity contribution in [2.75, 3.05) is 20.1 Å². The van der Waals surface area contributed by atoms with E-state index in [2.05, 4.69) is 56.0 Å². The van der Waals surface area contributed by atoms with Gasteiger partial charge >= 0.3 is 0 Å². The fourth-order valence-corrected chi connectivity index (χ4v) is 4.24. The van der Waals surface area contributed by atoms with E-state index in [4.69, 9.17) is 5.73 Å². The summed E-state index contributed by atoms with van der Waals surface area (Å²) in [6.45, 7) is 9.60. The summed E-state index contributed by atoms with van der Waals surface area (Å²) in [5, 5.41) is 0. The molecular formula is C20H33N3O. The van der Waals surface area contributed by atoms with Crippen molar-refractivity contribution in [3.8, 4) is 0 Å². The monoisotopic (exact) mass is 331 g/mol. The van der Waals surface area contributed by atoms with Gasteiger partial charge in [-0.1, -0.05) is 57.5 Å². The molecule has 2 rings (SSSR count). The molecule has 0 aromatic heterocycles. The lowest BCUT2D eigenvalue weighted by atomic mass is 9.84. The highest BCUT2D eigenvalue weighted by Gasteiger charge is 2.37. The van der Waals surface area contributed by atoms with E-state index in [1.165, 1.54) is 5.56 Å². The molecule has 24 heavy (non-hydrogen) atoms. The smallest absolute Gasteiger partial charge is 0.239 e. The van der Waals surface area contributed by atoms with Crippen molar-refractivity contribution in [1.82, 2.24) is 9.80 Å². The third-order valence-corrected chi connectivity index (χ3v) is 5.22. The SMILES string of the molecule is CCCC(N)C(=O)N(C)C1C(C)CN(Cc2ccccc2)CC1C. The van der Waals surface area contributed by atoms with Gasteiger partial charge in [-0.2, -0.15) is 0 Å². The predicted molar refractivity (Wildman–Crippen MR) is 99.5 cm³/mol. The highest BCUT2D eigenvalue weighted by atomic mass is 16.2. The van der Waals surface area contributed by atoms with E-state index in [1.54, 1.807) is 0 Å². The van der Waals surface area contributed by atoms with Gasteiger partial charge in [-0.05, 0) is 23.8 Å². The first-order chi connectivity index (χ1) is 11.4. The van der Waals surface area contributed by atoms with Crippen LogP contribution < -0.4 is 5.73 Å². The number of rotatable bonds is 6. The van der Waals surface area contributed by atoms with E-state index in [0.717, 1.165) is 32.5 Å². The molecule has 1 heterocycles. The van der Waals surface area contributed by atoms with Gasteiger partial charge in [0.25, 0.3) is 0 Å². The molecule has 3 atom stereocenters. The van der Waals surface area contributed by atoms with Crippen LogP contribution in [-0.4, -0.2) is 47.9 Å². The van der Waals surface area contributed by atoms with Crippen molar-refractivity contribution < 1.29 is 4.79 Å². The van der Waals surface area contributed by atoms with Crippen LogP contribution in [0.4, 0.5) is 0 Å². The van der Waals surface area contributed by atoms with Crippen LogP contribution in [0.2, 0.25) is 0 Å². The Labute approximate surface area is 147 Å². The first-order valence-electron chi connectivity index (χ1n) is 9.22. The molecule has 0 bridgehead atoms. The molecule has 1 aliphatic rings. The van der Waals surface area contributed by atoms with Crippen LogP contribution in [-0.2, 0) is 11.3 Å². The molecule has 0 radical (unpaired) electrons. The van der Waals surface area contributed by atoms with Gasteiger partial charge in [-0.25, -0.2) is 0 Å². The summed E-state index contributed by atoms with van der Waals surface area (Å²) in [5.74, 6) is 0.984. The zero-order valence-corrected chi connectivity index (χ0v) is 15.6. The molecule has 2 N–H and O–H groups in total. The van der Waals surface area contributed by atoms with Gasteiger partial charge in [0, 0.05) is 32.7 Å². The average molecular weight is 332 g/mol. The molecule has 134 valence electrons. The second kappa shape index (κ2) is 8.63. The molecule has 1 aliphatic heterocycles. The Kier molecular flexibility index (Phi) is 6.81. The number of carbonyl (C=O) groups excluding carboxylic acids is 1. The Morgan fingerprint density at radius 1 is 1.25 bits per heavy atom. The highest BCUT2D eigenvalue weighted by molar-refractivity contribution is 5.81. The fraction of sp³-hybridized carbons (Fsp3) is 0.650. The standard InChI is InChI=1S/C20H33N3O/c1-5-9-18(21)20(24)22(4)19-15(2)12-23(13-16(19)3)14-17-10-7-6-8-11-17/h6-8,10-11,15-16,18-19H,5,9,12-14,21H2,1-4H3. The molecular weight excluding hydrogens is 298 g/mol. The lowest BCUT2D eigenvalue weighted by Crippen LogP contribution is -2.57. The summed E-state index contributed by atoms with van der Waals surface area (Å²) in [5.41, 5.74) is 7.41. The summed E-state index contributed by atoms with van der Waals surface area (Å²) in [6.07, 6.45) is 1.71. The second-order valence-electron chi connectivity index (χ2n) is 7.47. The zero-order valence-electron chi connectivity index (χ0n) is 15.6. The Morgan fingerprint density at radius 2 is 1.83 bits per heavy atom. The summed E-state index contributed by atoms with van der Waals surface area (Å²) in [6, 6.07) is 10.5. The van der Waals surface area contributed by atoms with Crippen molar-refractivity contribution in [1.29, 1.82) is 0 Å². The van der Waals surface area contributed by atoms with Crippen molar-refractivity contribution in [2.45, 2.75) is 52.2 Å². The summed E-state index contributed by atoms with van der Waals surface area (Å²) in [4.78, 5) is 17.0. The molecule has 1 fully saturated rings. The normalized spacial score (nSPS) is 26.1. The van der Waals surface area contributed by atoms with Crippen molar-refractivity contribution >= 4 is 5.91 Å². The average Bonchev–Trinajstić information content (AvgIpc) is 2.54. The van der Waals surface area contributed by atoms with Crippen LogP contribution in [0.1, 0.15) is 39.2 Å². The minimum absolute atomic E-state index is 0.0945. The van der Waals surface area contributed by atoms with Gasteiger partial charge in [-0.3, -0.25) is 9.69 Å². The van der Waals surface area contributed by atoms with E-state index in [0.29, 0.717) is 11.8 Å². The molecule has 1 aromatic carbocycles. The Morgan fingerprint density at radius 3 is 2.38 bits per heavy atom. The lowest BCUT2D eigenvalue weighted by Gasteiger charge is -2.46. The first kappa shape index (κ1) is 18.9.